The molecule has 1 aliphatic carbocycles. The maximum Gasteiger partial charge on any atom is 0.142 e. The largest absolute Gasteiger partial charge is 0.488 e. The summed E-state index contributed by atoms with van der Waals surface area (Å²) in [5.41, 5.74) is 6.57. The van der Waals surface area contributed by atoms with Crippen molar-refractivity contribution in [2.45, 2.75) is 25.4 Å². The Bertz CT molecular complexity index is 310. The highest BCUT2D eigenvalue weighted by atomic mass is 127. The number of anilines is 1. The summed E-state index contributed by atoms with van der Waals surface area (Å²) in [5, 5.41) is 0. The van der Waals surface area contributed by atoms with E-state index in [1.54, 1.807) is 0 Å². The van der Waals surface area contributed by atoms with Crippen LogP contribution in [0.15, 0.2) is 18.2 Å². The van der Waals surface area contributed by atoms with E-state index >= 15 is 0 Å². The normalized spacial score (nSPS) is 16.7. The fourth-order valence-corrected chi connectivity index (χ4v) is 1.81. The molecule has 2 rings (SSSR count). The molecule has 0 spiro atoms. The van der Waals surface area contributed by atoms with Crippen LogP contribution in [0.1, 0.15) is 19.3 Å². The van der Waals surface area contributed by atoms with E-state index in [1.165, 1.54) is 19.3 Å². The van der Waals surface area contributed by atoms with E-state index in [0.29, 0.717) is 6.10 Å². The molecule has 1 aromatic rings. The third-order valence-corrected chi connectivity index (χ3v) is 2.99. The second-order valence-corrected chi connectivity index (χ2v) is 4.60. The second kappa shape index (κ2) is 3.74. The number of hydrogen-bond donors (Lipinski definition) is 1. The predicted molar refractivity (Wildman–Crippen MR) is 61.8 cm³/mol. The van der Waals surface area contributed by atoms with Crippen LogP contribution < -0.4 is 10.5 Å². The van der Waals surface area contributed by atoms with Crippen molar-refractivity contribution in [2.75, 3.05) is 5.73 Å². The van der Waals surface area contributed by atoms with Gasteiger partial charge in [-0.15, -0.1) is 0 Å². The molecule has 1 aromatic carbocycles. The van der Waals surface area contributed by atoms with Crippen LogP contribution in [-0.4, -0.2) is 6.10 Å². The van der Waals surface area contributed by atoms with Crippen molar-refractivity contribution in [2.24, 2.45) is 0 Å². The highest BCUT2D eigenvalue weighted by Gasteiger charge is 2.19. The van der Waals surface area contributed by atoms with E-state index < -0.39 is 0 Å². The van der Waals surface area contributed by atoms with Gasteiger partial charge < -0.3 is 10.5 Å². The fourth-order valence-electron chi connectivity index (χ4n) is 1.29. The van der Waals surface area contributed by atoms with Crippen LogP contribution in [-0.2, 0) is 0 Å². The minimum atomic E-state index is 0.405. The van der Waals surface area contributed by atoms with E-state index in [9.17, 15) is 0 Å². The van der Waals surface area contributed by atoms with Gasteiger partial charge in [0, 0.05) is 3.57 Å². The predicted octanol–water partition coefficient (Wildman–Crippen LogP) is 2.80. The first-order chi connectivity index (χ1) is 6.25. The van der Waals surface area contributed by atoms with Crippen LogP contribution in [0.5, 0.6) is 5.75 Å². The Balaban J connectivity index is 2.10. The number of nitrogen functional groups attached to an aromatic ring is 1. The first-order valence-electron chi connectivity index (χ1n) is 4.47. The molecule has 0 atom stereocenters. The van der Waals surface area contributed by atoms with E-state index in [1.807, 2.05) is 18.2 Å². The number of rotatable bonds is 2. The lowest BCUT2D eigenvalue weighted by Gasteiger charge is -2.26. The summed E-state index contributed by atoms with van der Waals surface area (Å²) in [5.74, 6) is 0.838. The molecule has 1 aliphatic rings. The Morgan fingerprint density at radius 1 is 1.38 bits per heavy atom. The molecule has 2 N–H and O–H groups in total. The molecule has 0 aliphatic heterocycles. The summed E-state index contributed by atoms with van der Waals surface area (Å²) in [6.45, 7) is 0. The van der Waals surface area contributed by atoms with Gasteiger partial charge in [0.2, 0.25) is 0 Å². The van der Waals surface area contributed by atoms with Gasteiger partial charge in [0.1, 0.15) is 5.75 Å². The molecular formula is C10H12INO. The van der Waals surface area contributed by atoms with E-state index in [4.69, 9.17) is 10.5 Å². The van der Waals surface area contributed by atoms with Gasteiger partial charge in [-0.25, -0.2) is 0 Å². The monoisotopic (exact) mass is 289 g/mol. The zero-order valence-corrected chi connectivity index (χ0v) is 9.45. The molecule has 70 valence electrons. The summed E-state index contributed by atoms with van der Waals surface area (Å²) in [6, 6.07) is 5.91. The Labute approximate surface area is 91.6 Å². The summed E-state index contributed by atoms with van der Waals surface area (Å²) in [7, 11) is 0. The summed E-state index contributed by atoms with van der Waals surface area (Å²) in [4.78, 5) is 0. The van der Waals surface area contributed by atoms with Gasteiger partial charge in [0.25, 0.3) is 0 Å². The first-order valence-corrected chi connectivity index (χ1v) is 5.55. The van der Waals surface area contributed by atoms with Gasteiger partial charge in [0.15, 0.2) is 0 Å². The SMILES string of the molecule is Nc1cc(I)ccc1OC1CCC1. The highest BCUT2D eigenvalue weighted by molar-refractivity contribution is 14.1. The fraction of sp³-hybridized carbons (Fsp3) is 0.400. The molecule has 0 amide bonds. The lowest BCUT2D eigenvalue weighted by atomic mass is 9.96. The van der Waals surface area contributed by atoms with Crippen LogP contribution in [0.4, 0.5) is 5.69 Å². The van der Waals surface area contributed by atoms with Crippen molar-refractivity contribution in [1.82, 2.24) is 0 Å². The molecule has 1 saturated carbocycles. The van der Waals surface area contributed by atoms with Crippen molar-refractivity contribution in [3.63, 3.8) is 0 Å². The van der Waals surface area contributed by atoms with E-state index in [0.717, 1.165) is 15.0 Å². The number of halogens is 1. The summed E-state index contributed by atoms with van der Waals surface area (Å²) in [6.07, 6.45) is 4.04. The van der Waals surface area contributed by atoms with Gasteiger partial charge in [0.05, 0.1) is 11.8 Å². The highest BCUT2D eigenvalue weighted by Crippen LogP contribution is 2.29. The Kier molecular flexibility index (Phi) is 2.62. The standard InChI is InChI=1S/C10H12INO/c11-7-4-5-10(9(12)6-7)13-8-2-1-3-8/h4-6,8H,1-3,12H2. The summed E-state index contributed by atoms with van der Waals surface area (Å²) < 4.78 is 6.86. The van der Waals surface area contributed by atoms with E-state index in [2.05, 4.69) is 22.6 Å². The van der Waals surface area contributed by atoms with Crippen LogP contribution in [0, 0.1) is 3.57 Å². The average molecular weight is 289 g/mol. The first kappa shape index (κ1) is 9.12. The van der Waals surface area contributed by atoms with Gasteiger partial charge in [-0.1, -0.05) is 0 Å². The number of nitrogens with two attached hydrogens (primary N) is 1. The van der Waals surface area contributed by atoms with Crippen molar-refractivity contribution >= 4 is 28.3 Å². The Morgan fingerprint density at radius 3 is 2.69 bits per heavy atom. The molecule has 1 fully saturated rings. The van der Waals surface area contributed by atoms with Gasteiger partial charge in [-0.3, -0.25) is 0 Å². The molecule has 2 nitrogen and oxygen atoms in total. The molecule has 0 heterocycles. The van der Waals surface area contributed by atoms with Crippen LogP contribution in [0.2, 0.25) is 0 Å². The summed E-state index contributed by atoms with van der Waals surface area (Å²) >= 11 is 2.24. The molecule has 0 bridgehead atoms. The lowest BCUT2D eigenvalue weighted by molar-refractivity contribution is 0.121. The lowest BCUT2D eigenvalue weighted by Crippen LogP contribution is -2.24. The zero-order valence-electron chi connectivity index (χ0n) is 7.29. The minimum Gasteiger partial charge on any atom is -0.488 e. The molecule has 0 unspecified atom stereocenters. The third-order valence-electron chi connectivity index (χ3n) is 2.32. The van der Waals surface area contributed by atoms with Crippen LogP contribution in [0.3, 0.4) is 0 Å². The number of benzene rings is 1. The van der Waals surface area contributed by atoms with Crippen LogP contribution >= 0.6 is 22.6 Å². The van der Waals surface area contributed by atoms with Crippen LogP contribution in [0.25, 0.3) is 0 Å². The average Bonchev–Trinajstić information content (AvgIpc) is 1.99. The maximum absolute atomic E-state index is 5.82. The Hall–Kier alpha value is -0.450. The molecular weight excluding hydrogens is 277 g/mol. The van der Waals surface area contributed by atoms with Crippen molar-refractivity contribution in [3.05, 3.63) is 21.8 Å². The van der Waals surface area contributed by atoms with Crippen molar-refractivity contribution in [3.8, 4) is 5.75 Å². The minimum absolute atomic E-state index is 0.405. The van der Waals surface area contributed by atoms with E-state index in [-0.39, 0.29) is 0 Å². The molecule has 3 heteroatoms. The van der Waals surface area contributed by atoms with Gasteiger partial charge in [-0.2, -0.15) is 0 Å². The van der Waals surface area contributed by atoms with Crippen molar-refractivity contribution in [1.29, 1.82) is 0 Å². The van der Waals surface area contributed by atoms with Gasteiger partial charge >= 0.3 is 0 Å². The molecule has 13 heavy (non-hydrogen) atoms. The third kappa shape index (κ3) is 2.07. The smallest absolute Gasteiger partial charge is 0.142 e. The topological polar surface area (TPSA) is 35.2 Å². The van der Waals surface area contributed by atoms with Gasteiger partial charge in [-0.05, 0) is 60.1 Å². The maximum atomic E-state index is 5.82. The number of hydrogen-bond acceptors (Lipinski definition) is 2. The molecule has 0 saturated heterocycles. The Morgan fingerprint density at radius 2 is 2.15 bits per heavy atom. The quantitative estimate of drug-likeness (QED) is 0.671. The molecule has 0 aromatic heterocycles. The molecule has 0 radical (unpaired) electrons. The van der Waals surface area contributed by atoms with Crippen molar-refractivity contribution < 1.29 is 4.74 Å². The zero-order chi connectivity index (χ0) is 9.26. The number of ether oxygens (including phenoxy) is 1. The second-order valence-electron chi connectivity index (χ2n) is 3.35.